The maximum atomic E-state index is 13.2. The fourth-order valence-corrected chi connectivity index (χ4v) is 4.10. The Morgan fingerprint density at radius 1 is 1.27 bits per heavy atom. The van der Waals surface area contributed by atoms with E-state index in [1.54, 1.807) is 22.8 Å². The number of rotatable bonds is 10. The second-order valence-electron chi connectivity index (χ2n) is 7.34. The molecule has 3 rings (SSSR count). The molecule has 0 aliphatic rings. The highest BCUT2D eigenvalue weighted by molar-refractivity contribution is 7.99. The predicted molar refractivity (Wildman–Crippen MR) is 119 cm³/mol. The van der Waals surface area contributed by atoms with Gasteiger partial charge in [0.1, 0.15) is 0 Å². The Labute approximate surface area is 185 Å². The molecule has 9 heteroatoms. The van der Waals surface area contributed by atoms with Crippen molar-refractivity contribution in [3.05, 3.63) is 45.3 Å². The van der Waals surface area contributed by atoms with Gasteiger partial charge < -0.3 is 9.26 Å². The first-order valence-corrected chi connectivity index (χ1v) is 11.5. The minimum absolute atomic E-state index is 0.0897. The van der Waals surface area contributed by atoms with Gasteiger partial charge in [0, 0.05) is 24.6 Å². The highest BCUT2D eigenvalue weighted by Crippen LogP contribution is 2.33. The Morgan fingerprint density at radius 3 is 2.80 bits per heavy atom. The normalized spacial score (nSPS) is 12.7. The third-order valence-corrected chi connectivity index (χ3v) is 5.76. The van der Waals surface area contributed by atoms with Crippen LogP contribution < -0.4 is 5.56 Å². The van der Waals surface area contributed by atoms with Gasteiger partial charge in [0.05, 0.1) is 22.3 Å². The Morgan fingerprint density at radius 2 is 2.07 bits per heavy atom. The van der Waals surface area contributed by atoms with Crippen molar-refractivity contribution >= 4 is 34.3 Å². The highest BCUT2D eigenvalue weighted by Gasteiger charge is 2.20. The van der Waals surface area contributed by atoms with Gasteiger partial charge in [-0.2, -0.15) is 4.98 Å². The molecule has 0 fully saturated rings. The van der Waals surface area contributed by atoms with Crippen LogP contribution in [-0.2, 0) is 17.7 Å². The van der Waals surface area contributed by atoms with E-state index < -0.39 is 0 Å². The zero-order valence-electron chi connectivity index (χ0n) is 17.7. The molecule has 0 spiro atoms. The van der Waals surface area contributed by atoms with Crippen LogP contribution in [0.4, 0.5) is 0 Å². The van der Waals surface area contributed by atoms with Crippen LogP contribution in [0, 0.1) is 0 Å². The molecule has 0 radical (unpaired) electrons. The molecule has 3 aromatic rings. The number of aromatic nitrogens is 4. The van der Waals surface area contributed by atoms with Gasteiger partial charge in [-0.3, -0.25) is 9.36 Å². The molecule has 0 aliphatic heterocycles. The van der Waals surface area contributed by atoms with E-state index in [9.17, 15) is 4.79 Å². The summed E-state index contributed by atoms with van der Waals surface area (Å²) in [5.41, 5.74) is 0.488. The zero-order valence-corrected chi connectivity index (χ0v) is 19.3. The van der Waals surface area contributed by atoms with Crippen molar-refractivity contribution in [3.8, 4) is 0 Å². The van der Waals surface area contributed by atoms with E-state index in [2.05, 4.69) is 17.1 Å². The summed E-state index contributed by atoms with van der Waals surface area (Å²) < 4.78 is 12.7. The van der Waals surface area contributed by atoms with Crippen molar-refractivity contribution in [1.82, 2.24) is 19.7 Å². The SMILES string of the molecule is CCCc1noc(C(C)Sc2nc3cc(Cl)ccc3c(=O)n2CCCOC(C)C)n1. The molecular weight excluding hydrogens is 424 g/mol. The first-order valence-electron chi connectivity index (χ1n) is 10.2. The average molecular weight is 451 g/mol. The number of ether oxygens (including phenoxy) is 1. The lowest BCUT2D eigenvalue weighted by atomic mass is 10.2. The molecule has 2 heterocycles. The van der Waals surface area contributed by atoms with E-state index in [-0.39, 0.29) is 16.9 Å². The second-order valence-corrected chi connectivity index (χ2v) is 9.09. The van der Waals surface area contributed by atoms with Crippen LogP contribution >= 0.6 is 23.4 Å². The number of thioether (sulfide) groups is 1. The molecule has 0 saturated heterocycles. The lowest BCUT2D eigenvalue weighted by Gasteiger charge is -2.15. The Balaban J connectivity index is 1.91. The maximum absolute atomic E-state index is 13.2. The number of hydrogen-bond acceptors (Lipinski definition) is 7. The van der Waals surface area contributed by atoms with Crippen LogP contribution in [0.25, 0.3) is 10.9 Å². The van der Waals surface area contributed by atoms with Gasteiger partial charge in [0.15, 0.2) is 11.0 Å². The van der Waals surface area contributed by atoms with E-state index in [0.717, 1.165) is 12.8 Å². The molecule has 0 N–H and O–H groups in total. The molecular formula is C21H27ClN4O3S. The topological polar surface area (TPSA) is 83.0 Å². The molecule has 0 bridgehead atoms. The molecule has 0 saturated carbocycles. The number of benzene rings is 1. The van der Waals surface area contributed by atoms with Crippen molar-refractivity contribution in [3.63, 3.8) is 0 Å². The monoisotopic (exact) mass is 450 g/mol. The minimum Gasteiger partial charge on any atom is -0.379 e. The van der Waals surface area contributed by atoms with Gasteiger partial charge in [-0.1, -0.05) is 35.4 Å². The molecule has 0 amide bonds. The Kier molecular flexibility index (Phi) is 7.91. The number of nitrogens with zero attached hydrogens (tertiary/aromatic N) is 4. The summed E-state index contributed by atoms with van der Waals surface area (Å²) in [6, 6.07) is 5.15. The summed E-state index contributed by atoms with van der Waals surface area (Å²) in [6.07, 6.45) is 2.59. The van der Waals surface area contributed by atoms with Crippen LogP contribution in [0.2, 0.25) is 5.02 Å². The first kappa shape index (κ1) is 22.8. The van der Waals surface area contributed by atoms with Crippen molar-refractivity contribution in [2.75, 3.05) is 6.61 Å². The molecule has 0 aliphatic carbocycles. The highest BCUT2D eigenvalue weighted by atomic mass is 35.5. The smallest absolute Gasteiger partial charge is 0.262 e. The number of fused-ring (bicyclic) bond motifs is 1. The first-order chi connectivity index (χ1) is 14.4. The van der Waals surface area contributed by atoms with E-state index in [4.69, 9.17) is 25.8 Å². The van der Waals surface area contributed by atoms with Crippen LogP contribution in [0.3, 0.4) is 0 Å². The third-order valence-electron chi connectivity index (χ3n) is 4.45. The van der Waals surface area contributed by atoms with Gasteiger partial charge >= 0.3 is 0 Å². The number of aryl methyl sites for hydroxylation is 1. The third kappa shape index (κ3) is 5.62. The fraction of sp³-hybridized carbons (Fsp3) is 0.524. The summed E-state index contributed by atoms with van der Waals surface area (Å²) >= 11 is 7.55. The molecule has 1 aromatic carbocycles. The molecule has 1 unspecified atom stereocenters. The second kappa shape index (κ2) is 10.4. The van der Waals surface area contributed by atoms with Gasteiger partial charge in [0.2, 0.25) is 5.89 Å². The fourth-order valence-electron chi connectivity index (χ4n) is 2.97. The quantitative estimate of drug-likeness (QED) is 0.242. The maximum Gasteiger partial charge on any atom is 0.262 e. The molecule has 2 aromatic heterocycles. The van der Waals surface area contributed by atoms with Gasteiger partial charge in [-0.15, -0.1) is 0 Å². The zero-order chi connectivity index (χ0) is 21.7. The molecule has 30 heavy (non-hydrogen) atoms. The van der Waals surface area contributed by atoms with Crippen LogP contribution in [0.5, 0.6) is 0 Å². The summed E-state index contributed by atoms with van der Waals surface area (Å²) in [5.74, 6) is 1.22. The molecule has 162 valence electrons. The van der Waals surface area contributed by atoms with Crippen LogP contribution in [-0.4, -0.2) is 32.4 Å². The summed E-state index contributed by atoms with van der Waals surface area (Å²) in [6.45, 7) is 9.11. The Hall–Kier alpha value is -1.90. The van der Waals surface area contributed by atoms with Crippen LogP contribution in [0.1, 0.15) is 57.5 Å². The lowest BCUT2D eigenvalue weighted by Crippen LogP contribution is -2.24. The van der Waals surface area contributed by atoms with E-state index in [1.165, 1.54) is 11.8 Å². The van der Waals surface area contributed by atoms with Gasteiger partial charge in [0.25, 0.3) is 5.56 Å². The Bertz CT molecular complexity index is 1050. The average Bonchev–Trinajstić information content (AvgIpc) is 3.16. The van der Waals surface area contributed by atoms with Crippen molar-refractivity contribution in [1.29, 1.82) is 0 Å². The van der Waals surface area contributed by atoms with Crippen LogP contribution in [0.15, 0.2) is 32.7 Å². The van der Waals surface area contributed by atoms with Crippen molar-refractivity contribution in [2.45, 2.75) is 70.0 Å². The number of halogens is 1. The van der Waals surface area contributed by atoms with Gasteiger partial charge in [-0.05, 0) is 51.8 Å². The molecule has 7 nitrogen and oxygen atoms in total. The lowest BCUT2D eigenvalue weighted by molar-refractivity contribution is 0.0743. The standard InChI is InChI=1S/C21H27ClN4O3S/c1-5-7-18-24-19(29-25-18)14(4)30-21-23-17-12-15(22)8-9-16(17)20(27)26(21)10-6-11-28-13(2)3/h8-9,12-14H,5-7,10-11H2,1-4H3. The van der Waals surface area contributed by atoms with Crippen molar-refractivity contribution in [2.24, 2.45) is 0 Å². The van der Waals surface area contributed by atoms with E-state index >= 15 is 0 Å². The van der Waals surface area contributed by atoms with E-state index in [1.807, 2.05) is 20.8 Å². The summed E-state index contributed by atoms with van der Waals surface area (Å²) in [5, 5.41) is 5.57. The number of hydrogen-bond donors (Lipinski definition) is 0. The minimum atomic E-state index is -0.148. The predicted octanol–water partition coefficient (Wildman–Crippen LogP) is 5.05. The van der Waals surface area contributed by atoms with Gasteiger partial charge in [-0.25, -0.2) is 4.98 Å². The summed E-state index contributed by atoms with van der Waals surface area (Å²) in [7, 11) is 0. The van der Waals surface area contributed by atoms with Crippen molar-refractivity contribution < 1.29 is 9.26 Å². The summed E-state index contributed by atoms with van der Waals surface area (Å²) in [4.78, 5) is 22.4. The molecule has 1 atom stereocenters. The van der Waals surface area contributed by atoms with E-state index in [0.29, 0.717) is 52.4 Å². The largest absolute Gasteiger partial charge is 0.379 e.